The number of benzene rings is 3. The van der Waals surface area contributed by atoms with Gasteiger partial charge in [0.05, 0.1) is 12.1 Å². The summed E-state index contributed by atoms with van der Waals surface area (Å²) in [7, 11) is 0. The molecule has 4 rings (SSSR count). The molecule has 1 heterocycles. The number of aromatic amines is 1. The zero-order valence-corrected chi connectivity index (χ0v) is 16.4. The molecule has 0 unspecified atom stereocenters. The average Bonchev–Trinajstić information content (AvgIpc) is 3.23. The maximum Gasteiger partial charge on any atom is 0.272 e. The second-order valence-corrected chi connectivity index (χ2v) is 6.97. The number of H-pyrrole nitrogens is 1. The van der Waals surface area contributed by atoms with E-state index in [0.717, 1.165) is 16.7 Å². The zero-order valence-electron chi connectivity index (χ0n) is 16.4. The van der Waals surface area contributed by atoms with Gasteiger partial charge in [0.25, 0.3) is 5.91 Å². The normalized spacial score (nSPS) is 10.9. The Hall–Kier alpha value is -3.64. The number of hydrogen-bond donors (Lipinski definition) is 3. The molecule has 0 saturated carbocycles. The summed E-state index contributed by atoms with van der Waals surface area (Å²) in [5, 5.41) is 12.1. The first-order chi connectivity index (χ1) is 14.5. The highest BCUT2D eigenvalue weighted by molar-refractivity contribution is 6.06. The number of carbonyl (C=O) groups is 1. The van der Waals surface area contributed by atoms with Crippen molar-refractivity contribution in [3.05, 3.63) is 83.8 Å². The van der Waals surface area contributed by atoms with Crippen LogP contribution in [0.2, 0.25) is 0 Å². The molecule has 0 aliphatic rings. The van der Waals surface area contributed by atoms with Gasteiger partial charge in [-0.1, -0.05) is 30.3 Å². The lowest BCUT2D eigenvalue weighted by Gasteiger charge is -2.08. The fourth-order valence-electron chi connectivity index (χ4n) is 3.33. The number of aromatic nitrogens is 1. The largest absolute Gasteiger partial charge is 0.491 e. The van der Waals surface area contributed by atoms with Gasteiger partial charge in [-0.3, -0.25) is 4.79 Å². The summed E-state index contributed by atoms with van der Waals surface area (Å²) in [5.41, 5.74) is 4.32. The van der Waals surface area contributed by atoms with E-state index in [9.17, 15) is 9.18 Å². The molecule has 0 saturated heterocycles. The SMILES string of the molecule is Cc1ccc(F)c2cc(C(=O)Nc3cccc(-c4ccc(OCCO)cc4)c3)[nH]c12. The summed E-state index contributed by atoms with van der Waals surface area (Å²) in [5.74, 6) is -0.0205. The molecule has 30 heavy (non-hydrogen) atoms. The predicted molar refractivity (Wildman–Crippen MR) is 115 cm³/mol. The summed E-state index contributed by atoms with van der Waals surface area (Å²) in [4.78, 5) is 15.7. The molecule has 5 nitrogen and oxygen atoms in total. The molecule has 152 valence electrons. The van der Waals surface area contributed by atoms with Crippen molar-refractivity contribution >= 4 is 22.5 Å². The Balaban J connectivity index is 1.54. The van der Waals surface area contributed by atoms with Gasteiger partial charge in [-0.25, -0.2) is 4.39 Å². The molecule has 0 spiro atoms. The molecule has 0 aliphatic heterocycles. The van der Waals surface area contributed by atoms with Crippen LogP contribution in [0.4, 0.5) is 10.1 Å². The maximum atomic E-state index is 14.0. The lowest BCUT2D eigenvalue weighted by atomic mass is 10.0. The molecule has 3 N–H and O–H groups in total. The lowest BCUT2D eigenvalue weighted by molar-refractivity contribution is 0.102. The molecular formula is C24H21FN2O3. The van der Waals surface area contributed by atoms with Crippen molar-refractivity contribution in [1.82, 2.24) is 4.98 Å². The van der Waals surface area contributed by atoms with Gasteiger partial charge in [-0.2, -0.15) is 0 Å². The third-order valence-corrected chi connectivity index (χ3v) is 4.86. The number of aryl methyl sites for hydroxylation is 1. The van der Waals surface area contributed by atoms with Crippen LogP contribution >= 0.6 is 0 Å². The highest BCUT2D eigenvalue weighted by atomic mass is 19.1. The first-order valence-corrected chi connectivity index (χ1v) is 9.58. The molecule has 4 aromatic rings. The molecular weight excluding hydrogens is 383 g/mol. The van der Waals surface area contributed by atoms with Crippen LogP contribution in [0.1, 0.15) is 16.1 Å². The van der Waals surface area contributed by atoms with Crippen LogP contribution in [0.3, 0.4) is 0 Å². The van der Waals surface area contributed by atoms with Gasteiger partial charge in [0.1, 0.15) is 23.9 Å². The number of ether oxygens (including phenoxy) is 1. The van der Waals surface area contributed by atoms with Crippen LogP contribution < -0.4 is 10.1 Å². The zero-order chi connectivity index (χ0) is 21.1. The fraction of sp³-hybridized carbons (Fsp3) is 0.125. The fourth-order valence-corrected chi connectivity index (χ4v) is 3.33. The Bertz CT molecular complexity index is 1160. The van der Waals surface area contributed by atoms with Crippen LogP contribution in [0.25, 0.3) is 22.0 Å². The van der Waals surface area contributed by atoms with Crippen LogP contribution in [0.5, 0.6) is 5.75 Å². The number of aliphatic hydroxyl groups is 1. The van der Waals surface area contributed by atoms with E-state index in [1.165, 1.54) is 12.1 Å². The second kappa shape index (κ2) is 8.39. The maximum absolute atomic E-state index is 14.0. The monoisotopic (exact) mass is 404 g/mol. The topological polar surface area (TPSA) is 74.3 Å². The Labute approximate surface area is 173 Å². The molecule has 3 aromatic carbocycles. The van der Waals surface area contributed by atoms with Crippen molar-refractivity contribution in [1.29, 1.82) is 0 Å². The van der Waals surface area contributed by atoms with E-state index in [2.05, 4.69) is 10.3 Å². The van der Waals surface area contributed by atoms with E-state index < -0.39 is 0 Å². The highest BCUT2D eigenvalue weighted by Gasteiger charge is 2.14. The molecule has 1 amide bonds. The highest BCUT2D eigenvalue weighted by Crippen LogP contribution is 2.26. The Morgan fingerprint density at radius 2 is 1.87 bits per heavy atom. The molecule has 1 aromatic heterocycles. The van der Waals surface area contributed by atoms with Crippen LogP contribution in [0, 0.1) is 12.7 Å². The van der Waals surface area contributed by atoms with Gasteiger partial charge in [0.2, 0.25) is 0 Å². The first-order valence-electron chi connectivity index (χ1n) is 9.58. The van der Waals surface area contributed by atoms with Gasteiger partial charge in [-0.15, -0.1) is 0 Å². The van der Waals surface area contributed by atoms with Gasteiger partial charge >= 0.3 is 0 Å². The summed E-state index contributed by atoms with van der Waals surface area (Å²) in [6.45, 7) is 2.08. The predicted octanol–water partition coefficient (Wildman–Crippen LogP) is 4.91. The summed E-state index contributed by atoms with van der Waals surface area (Å²) in [6, 6.07) is 19.6. The van der Waals surface area contributed by atoms with Gasteiger partial charge in [-0.05, 0) is 60.0 Å². The lowest BCUT2D eigenvalue weighted by Crippen LogP contribution is -2.12. The minimum atomic E-state index is -0.362. The summed E-state index contributed by atoms with van der Waals surface area (Å²) >= 11 is 0. The number of halogens is 1. The van der Waals surface area contributed by atoms with E-state index in [0.29, 0.717) is 28.0 Å². The van der Waals surface area contributed by atoms with E-state index in [1.807, 2.05) is 49.4 Å². The van der Waals surface area contributed by atoms with Gasteiger partial charge in [0.15, 0.2) is 0 Å². The van der Waals surface area contributed by atoms with Crippen LogP contribution in [-0.2, 0) is 0 Å². The van der Waals surface area contributed by atoms with E-state index >= 15 is 0 Å². The number of hydrogen-bond acceptors (Lipinski definition) is 3. The standard InChI is InChI=1S/C24H21FN2O3/c1-15-5-10-21(25)20-14-22(27-23(15)20)24(29)26-18-4-2-3-17(13-18)16-6-8-19(9-7-16)30-12-11-28/h2-10,13-14,27-28H,11-12H2,1H3,(H,26,29). The van der Waals surface area contributed by atoms with Crippen molar-refractivity contribution in [3.8, 4) is 16.9 Å². The Morgan fingerprint density at radius 1 is 1.07 bits per heavy atom. The summed E-state index contributed by atoms with van der Waals surface area (Å²) < 4.78 is 19.4. The molecule has 0 bridgehead atoms. The number of rotatable bonds is 6. The molecule has 0 aliphatic carbocycles. The van der Waals surface area contributed by atoms with Gasteiger partial charge < -0.3 is 20.1 Å². The quantitative estimate of drug-likeness (QED) is 0.428. The number of anilines is 1. The minimum Gasteiger partial charge on any atom is -0.491 e. The molecule has 0 radical (unpaired) electrons. The van der Waals surface area contributed by atoms with Gasteiger partial charge in [0, 0.05) is 11.1 Å². The van der Waals surface area contributed by atoms with Crippen molar-refractivity contribution in [2.45, 2.75) is 6.92 Å². The van der Waals surface area contributed by atoms with Crippen molar-refractivity contribution < 1.29 is 19.0 Å². The van der Waals surface area contributed by atoms with Crippen molar-refractivity contribution in [2.75, 3.05) is 18.5 Å². The number of nitrogens with one attached hydrogen (secondary N) is 2. The van der Waals surface area contributed by atoms with Crippen molar-refractivity contribution in [2.24, 2.45) is 0 Å². The third-order valence-electron chi connectivity index (χ3n) is 4.86. The number of fused-ring (bicyclic) bond motifs is 1. The second-order valence-electron chi connectivity index (χ2n) is 6.97. The Morgan fingerprint density at radius 3 is 2.60 bits per heavy atom. The average molecular weight is 404 g/mol. The first kappa shape index (κ1) is 19.7. The van der Waals surface area contributed by atoms with Crippen LogP contribution in [0.15, 0.2) is 66.7 Å². The summed E-state index contributed by atoms with van der Waals surface area (Å²) in [6.07, 6.45) is 0. The minimum absolute atomic E-state index is 0.0356. The number of amides is 1. The molecule has 6 heteroatoms. The van der Waals surface area contributed by atoms with Crippen molar-refractivity contribution in [3.63, 3.8) is 0 Å². The molecule has 0 atom stereocenters. The van der Waals surface area contributed by atoms with Crippen LogP contribution in [-0.4, -0.2) is 29.2 Å². The Kier molecular flexibility index (Phi) is 5.50. The van der Waals surface area contributed by atoms with E-state index in [4.69, 9.17) is 9.84 Å². The molecule has 0 fully saturated rings. The van der Waals surface area contributed by atoms with E-state index in [1.54, 1.807) is 12.1 Å². The smallest absolute Gasteiger partial charge is 0.272 e. The third kappa shape index (κ3) is 4.04. The number of carbonyl (C=O) groups excluding carboxylic acids is 1. The number of aliphatic hydroxyl groups excluding tert-OH is 1. The van der Waals surface area contributed by atoms with E-state index in [-0.39, 0.29) is 24.9 Å².